The maximum absolute atomic E-state index is 13.8. The average Bonchev–Trinajstić information content (AvgIpc) is 3.16. The number of carbonyl (C=O) groups is 2. The van der Waals surface area contributed by atoms with Crippen LogP contribution < -0.4 is 0 Å². The fourth-order valence-electron chi connectivity index (χ4n) is 3.35. The molecule has 3 unspecified atom stereocenters. The first kappa shape index (κ1) is 14.9. The number of aliphatic carboxylic acids is 1. The van der Waals surface area contributed by atoms with Gasteiger partial charge in [-0.2, -0.15) is 0 Å². The van der Waals surface area contributed by atoms with Crippen LogP contribution in [0.3, 0.4) is 0 Å². The summed E-state index contributed by atoms with van der Waals surface area (Å²) in [5, 5.41) is 9.35. The molecule has 3 rings (SSSR count). The van der Waals surface area contributed by atoms with E-state index in [9.17, 15) is 23.5 Å². The van der Waals surface area contributed by atoms with Crippen molar-refractivity contribution < 1.29 is 23.5 Å². The number of rotatable bonds is 3. The highest BCUT2D eigenvalue weighted by Gasteiger charge is 2.53. The SMILES string of the molecule is CC1(C(=O)O)CCCN1C(=O)C1CC1c1cc(F)ccc1F. The van der Waals surface area contributed by atoms with Crippen molar-refractivity contribution in [1.82, 2.24) is 4.90 Å². The monoisotopic (exact) mass is 309 g/mol. The van der Waals surface area contributed by atoms with Crippen LogP contribution in [0.15, 0.2) is 18.2 Å². The van der Waals surface area contributed by atoms with Crippen molar-refractivity contribution in [3.8, 4) is 0 Å². The van der Waals surface area contributed by atoms with Crippen LogP contribution in [-0.4, -0.2) is 34.0 Å². The second kappa shape index (κ2) is 5.04. The zero-order valence-corrected chi connectivity index (χ0v) is 12.2. The molecular formula is C16H17F2NO3. The molecule has 1 heterocycles. The molecular weight excluding hydrogens is 292 g/mol. The van der Waals surface area contributed by atoms with Gasteiger partial charge in [-0.1, -0.05) is 0 Å². The lowest BCUT2D eigenvalue weighted by atomic mass is 9.98. The fourth-order valence-corrected chi connectivity index (χ4v) is 3.35. The van der Waals surface area contributed by atoms with Crippen LogP contribution in [0.4, 0.5) is 8.78 Å². The minimum absolute atomic E-state index is 0.203. The molecule has 1 aromatic carbocycles. The number of carboxylic acids is 1. The van der Waals surface area contributed by atoms with Gasteiger partial charge < -0.3 is 10.0 Å². The maximum Gasteiger partial charge on any atom is 0.329 e. The Morgan fingerprint density at radius 2 is 2.09 bits per heavy atom. The largest absolute Gasteiger partial charge is 0.480 e. The van der Waals surface area contributed by atoms with Gasteiger partial charge in [0.15, 0.2) is 0 Å². The quantitative estimate of drug-likeness (QED) is 0.933. The number of carbonyl (C=O) groups excluding carboxylic acids is 1. The van der Waals surface area contributed by atoms with E-state index in [1.165, 1.54) is 4.90 Å². The Kier molecular flexibility index (Phi) is 3.42. The Morgan fingerprint density at radius 3 is 2.77 bits per heavy atom. The molecule has 2 aliphatic rings. The zero-order chi connectivity index (χ0) is 16.1. The second-order valence-corrected chi connectivity index (χ2v) is 6.29. The lowest BCUT2D eigenvalue weighted by Gasteiger charge is -2.31. The lowest BCUT2D eigenvalue weighted by molar-refractivity contribution is -0.155. The molecule has 1 saturated carbocycles. The smallest absolute Gasteiger partial charge is 0.329 e. The number of likely N-dealkylation sites (tertiary alicyclic amines) is 1. The summed E-state index contributed by atoms with van der Waals surface area (Å²) in [6, 6.07) is 3.22. The fraction of sp³-hybridized carbons (Fsp3) is 0.500. The molecule has 1 aliphatic heterocycles. The van der Waals surface area contributed by atoms with Crippen LogP contribution in [0.2, 0.25) is 0 Å². The summed E-state index contributed by atoms with van der Waals surface area (Å²) in [5.74, 6) is -3.16. The Labute approximate surface area is 126 Å². The van der Waals surface area contributed by atoms with Gasteiger partial charge >= 0.3 is 5.97 Å². The van der Waals surface area contributed by atoms with Gasteiger partial charge in [0, 0.05) is 12.5 Å². The topological polar surface area (TPSA) is 57.6 Å². The van der Waals surface area contributed by atoms with Crippen LogP contribution in [-0.2, 0) is 9.59 Å². The van der Waals surface area contributed by atoms with Gasteiger partial charge in [0.05, 0.1) is 0 Å². The van der Waals surface area contributed by atoms with Crippen molar-refractivity contribution in [2.45, 2.75) is 37.6 Å². The van der Waals surface area contributed by atoms with Gasteiger partial charge in [-0.15, -0.1) is 0 Å². The van der Waals surface area contributed by atoms with Crippen molar-refractivity contribution >= 4 is 11.9 Å². The third-order valence-electron chi connectivity index (χ3n) is 4.83. The maximum atomic E-state index is 13.8. The van der Waals surface area contributed by atoms with Gasteiger partial charge in [-0.25, -0.2) is 13.6 Å². The van der Waals surface area contributed by atoms with E-state index >= 15 is 0 Å². The molecule has 1 aromatic rings. The Balaban J connectivity index is 1.78. The molecule has 6 heteroatoms. The third-order valence-corrected chi connectivity index (χ3v) is 4.83. The summed E-state index contributed by atoms with van der Waals surface area (Å²) in [5.41, 5.74) is -0.986. The molecule has 4 nitrogen and oxygen atoms in total. The Bertz CT molecular complexity index is 648. The first-order valence-corrected chi connectivity index (χ1v) is 7.34. The number of carboxylic acid groups (broad SMARTS) is 1. The third kappa shape index (κ3) is 2.26. The van der Waals surface area contributed by atoms with Crippen molar-refractivity contribution in [2.75, 3.05) is 6.54 Å². The van der Waals surface area contributed by atoms with E-state index in [0.717, 1.165) is 18.2 Å². The summed E-state index contributed by atoms with van der Waals surface area (Å²) in [6.07, 6.45) is 1.49. The van der Waals surface area contributed by atoms with Gasteiger partial charge in [-0.3, -0.25) is 4.79 Å². The molecule has 1 N–H and O–H groups in total. The van der Waals surface area contributed by atoms with Crippen LogP contribution in [0, 0.1) is 17.6 Å². The van der Waals surface area contributed by atoms with Gasteiger partial charge in [0.2, 0.25) is 5.91 Å². The number of halogens is 2. The molecule has 22 heavy (non-hydrogen) atoms. The van der Waals surface area contributed by atoms with Crippen molar-refractivity contribution in [2.24, 2.45) is 5.92 Å². The summed E-state index contributed by atoms with van der Waals surface area (Å²) in [4.78, 5) is 25.4. The minimum atomic E-state index is -1.19. The second-order valence-electron chi connectivity index (χ2n) is 6.29. The van der Waals surface area contributed by atoms with E-state index in [1.807, 2.05) is 0 Å². The standard InChI is InChI=1S/C16H17F2NO3/c1-16(15(21)22)5-2-6-19(16)14(20)12-8-10(12)11-7-9(17)3-4-13(11)18/h3-4,7,10,12H,2,5-6,8H2,1H3,(H,21,22). The van der Waals surface area contributed by atoms with E-state index in [-0.39, 0.29) is 17.4 Å². The van der Waals surface area contributed by atoms with Gasteiger partial charge in [0.25, 0.3) is 0 Å². The summed E-state index contributed by atoms with van der Waals surface area (Å²) < 4.78 is 27.0. The van der Waals surface area contributed by atoms with E-state index < -0.39 is 29.1 Å². The number of amides is 1. The average molecular weight is 309 g/mol. The molecule has 0 bridgehead atoms. The Morgan fingerprint density at radius 1 is 1.36 bits per heavy atom. The predicted molar refractivity (Wildman–Crippen MR) is 74.2 cm³/mol. The number of nitrogens with zero attached hydrogens (tertiary/aromatic N) is 1. The predicted octanol–water partition coefficient (Wildman–Crippen LogP) is 2.53. The molecule has 0 aromatic heterocycles. The lowest BCUT2D eigenvalue weighted by Crippen LogP contribution is -2.51. The van der Waals surface area contributed by atoms with Crippen molar-refractivity contribution in [3.05, 3.63) is 35.4 Å². The van der Waals surface area contributed by atoms with Crippen LogP contribution in [0.1, 0.15) is 37.7 Å². The molecule has 0 spiro atoms. The molecule has 0 radical (unpaired) electrons. The molecule has 1 saturated heterocycles. The van der Waals surface area contributed by atoms with Crippen LogP contribution in [0.25, 0.3) is 0 Å². The molecule has 1 aliphatic carbocycles. The van der Waals surface area contributed by atoms with E-state index in [0.29, 0.717) is 25.8 Å². The highest BCUT2D eigenvalue weighted by Crippen LogP contribution is 2.50. The van der Waals surface area contributed by atoms with E-state index in [4.69, 9.17) is 0 Å². The first-order valence-electron chi connectivity index (χ1n) is 7.34. The highest BCUT2D eigenvalue weighted by molar-refractivity contribution is 5.90. The highest BCUT2D eigenvalue weighted by atomic mass is 19.1. The molecule has 118 valence electrons. The number of hydrogen-bond acceptors (Lipinski definition) is 2. The Hall–Kier alpha value is -1.98. The van der Waals surface area contributed by atoms with Gasteiger partial charge in [0.1, 0.15) is 17.2 Å². The number of hydrogen-bond donors (Lipinski definition) is 1. The normalized spacial score (nSPS) is 30.4. The van der Waals surface area contributed by atoms with Crippen LogP contribution >= 0.6 is 0 Å². The first-order chi connectivity index (χ1) is 10.3. The molecule has 1 amide bonds. The zero-order valence-electron chi connectivity index (χ0n) is 12.2. The van der Waals surface area contributed by atoms with E-state index in [1.54, 1.807) is 6.92 Å². The van der Waals surface area contributed by atoms with Gasteiger partial charge in [-0.05, 0) is 55.9 Å². The molecule has 3 atom stereocenters. The van der Waals surface area contributed by atoms with E-state index in [2.05, 4.69) is 0 Å². The number of benzene rings is 1. The summed E-state index contributed by atoms with van der Waals surface area (Å²) in [6.45, 7) is 1.94. The minimum Gasteiger partial charge on any atom is -0.480 e. The van der Waals surface area contributed by atoms with Crippen molar-refractivity contribution in [3.63, 3.8) is 0 Å². The summed E-state index contributed by atoms with van der Waals surface area (Å²) >= 11 is 0. The van der Waals surface area contributed by atoms with Crippen molar-refractivity contribution in [1.29, 1.82) is 0 Å². The summed E-state index contributed by atoms with van der Waals surface area (Å²) in [7, 11) is 0. The molecule has 2 fully saturated rings. The van der Waals surface area contributed by atoms with Crippen LogP contribution in [0.5, 0.6) is 0 Å².